The first kappa shape index (κ1) is 12.0. The van der Waals surface area contributed by atoms with Gasteiger partial charge in [0.1, 0.15) is 0 Å². The van der Waals surface area contributed by atoms with Crippen LogP contribution in [0.4, 0.5) is 0 Å². The molecule has 4 heteroatoms. The van der Waals surface area contributed by atoms with Crippen LogP contribution >= 0.6 is 0 Å². The molecule has 0 aromatic heterocycles. The Hall–Kier alpha value is -0.0900. The van der Waals surface area contributed by atoms with Crippen molar-refractivity contribution in [3.63, 3.8) is 0 Å². The van der Waals surface area contributed by atoms with E-state index in [9.17, 15) is 8.42 Å². The zero-order chi connectivity index (χ0) is 10.6. The van der Waals surface area contributed by atoms with E-state index >= 15 is 0 Å². The predicted molar refractivity (Wildman–Crippen MR) is 59.1 cm³/mol. The maximum atomic E-state index is 11.6. The molecule has 3 nitrogen and oxygen atoms in total. The maximum absolute atomic E-state index is 11.6. The van der Waals surface area contributed by atoms with Crippen LogP contribution < -0.4 is 5.32 Å². The molecule has 0 bridgehead atoms. The molecular formula is C10H21NO2S. The molecule has 0 aromatic rings. The van der Waals surface area contributed by atoms with Gasteiger partial charge in [-0.05, 0) is 38.6 Å². The lowest BCUT2D eigenvalue weighted by molar-refractivity contribution is 0.574. The van der Waals surface area contributed by atoms with E-state index in [1.807, 2.05) is 6.92 Å². The van der Waals surface area contributed by atoms with E-state index in [4.69, 9.17) is 0 Å². The summed E-state index contributed by atoms with van der Waals surface area (Å²) in [5.74, 6) is 1.11. The third-order valence-electron chi connectivity index (χ3n) is 2.88. The number of hydrogen-bond donors (Lipinski definition) is 1. The summed E-state index contributed by atoms with van der Waals surface area (Å²) in [6.07, 6.45) is 3.33. The second-order valence-electron chi connectivity index (χ2n) is 4.23. The van der Waals surface area contributed by atoms with Crippen LogP contribution in [0.5, 0.6) is 0 Å². The first-order valence-electron chi connectivity index (χ1n) is 5.48. The van der Waals surface area contributed by atoms with Gasteiger partial charge < -0.3 is 5.32 Å². The van der Waals surface area contributed by atoms with Crippen LogP contribution in [0.1, 0.15) is 33.1 Å². The van der Waals surface area contributed by atoms with Crippen LogP contribution in [0.2, 0.25) is 0 Å². The van der Waals surface area contributed by atoms with Gasteiger partial charge in [-0.25, -0.2) is 8.42 Å². The summed E-state index contributed by atoms with van der Waals surface area (Å²) >= 11 is 0. The molecule has 1 fully saturated rings. The molecule has 1 atom stereocenters. The predicted octanol–water partition coefficient (Wildman–Crippen LogP) is 1.20. The van der Waals surface area contributed by atoms with Crippen molar-refractivity contribution in [1.82, 2.24) is 5.32 Å². The average molecular weight is 219 g/mol. The lowest BCUT2D eigenvalue weighted by Gasteiger charge is -2.10. The van der Waals surface area contributed by atoms with Crippen molar-refractivity contribution < 1.29 is 8.42 Å². The van der Waals surface area contributed by atoms with E-state index in [-0.39, 0.29) is 11.0 Å². The summed E-state index contributed by atoms with van der Waals surface area (Å²) in [6, 6.07) is 0. The van der Waals surface area contributed by atoms with Gasteiger partial charge in [-0.3, -0.25) is 0 Å². The van der Waals surface area contributed by atoms with Gasteiger partial charge in [-0.2, -0.15) is 0 Å². The zero-order valence-corrected chi connectivity index (χ0v) is 9.94. The minimum atomic E-state index is -2.85. The monoisotopic (exact) mass is 219 g/mol. The second kappa shape index (κ2) is 5.12. The number of hydrogen-bond acceptors (Lipinski definition) is 3. The fourth-order valence-electron chi connectivity index (χ4n) is 1.30. The summed E-state index contributed by atoms with van der Waals surface area (Å²) < 4.78 is 23.2. The van der Waals surface area contributed by atoms with E-state index in [1.165, 1.54) is 12.8 Å². The molecule has 14 heavy (non-hydrogen) atoms. The van der Waals surface area contributed by atoms with Crippen LogP contribution in [-0.2, 0) is 9.84 Å². The fraction of sp³-hybridized carbons (Fsp3) is 1.00. The highest BCUT2D eigenvalue weighted by Gasteiger charge is 2.21. The topological polar surface area (TPSA) is 46.2 Å². The maximum Gasteiger partial charge on any atom is 0.154 e. The van der Waals surface area contributed by atoms with Gasteiger partial charge in [-0.1, -0.05) is 6.92 Å². The number of sulfone groups is 1. The second-order valence-corrected chi connectivity index (χ2v) is 6.77. The molecule has 0 aliphatic heterocycles. The Bertz CT molecular complexity index is 257. The third kappa shape index (κ3) is 3.96. The van der Waals surface area contributed by atoms with Crippen molar-refractivity contribution in [3.8, 4) is 0 Å². The standard InChI is InChI=1S/C10H21NO2S/c1-3-9(2)14(12,13)7-6-11-8-10-4-5-10/h9-11H,3-8H2,1-2H3. The van der Waals surface area contributed by atoms with Gasteiger partial charge in [0.25, 0.3) is 0 Å². The van der Waals surface area contributed by atoms with Crippen LogP contribution in [0.25, 0.3) is 0 Å². The Labute approximate surface area is 87.2 Å². The molecule has 0 heterocycles. The van der Waals surface area contributed by atoms with Gasteiger partial charge in [0, 0.05) is 6.54 Å². The average Bonchev–Trinajstić information content (AvgIpc) is 2.94. The molecule has 0 amide bonds. The van der Waals surface area contributed by atoms with Crippen LogP contribution in [0.15, 0.2) is 0 Å². The molecular weight excluding hydrogens is 198 g/mol. The van der Waals surface area contributed by atoms with Crippen LogP contribution in [0.3, 0.4) is 0 Å². The molecule has 1 aliphatic rings. The highest BCUT2D eigenvalue weighted by atomic mass is 32.2. The quantitative estimate of drug-likeness (QED) is 0.654. The Kier molecular flexibility index (Phi) is 4.38. The lowest BCUT2D eigenvalue weighted by Crippen LogP contribution is -2.29. The van der Waals surface area contributed by atoms with Crippen molar-refractivity contribution >= 4 is 9.84 Å². The van der Waals surface area contributed by atoms with Gasteiger partial charge >= 0.3 is 0 Å². The Balaban J connectivity index is 2.14. The minimum absolute atomic E-state index is 0.190. The van der Waals surface area contributed by atoms with Crippen molar-refractivity contribution in [1.29, 1.82) is 0 Å². The molecule has 1 saturated carbocycles. The third-order valence-corrected chi connectivity index (χ3v) is 5.21. The molecule has 1 unspecified atom stereocenters. The molecule has 84 valence electrons. The zero-order valence-electron chi connectivity index (χ0n) is 9.12. The van der Waals surface area contributed by atoms with Crippen LogP contribution in [-0.4, -0.2) is 32.5 Å². The van der Waals surface area contributed by atoms with Crippen molar-refractivity contribution in [2.75, 3.05) is 18.8 Å². The summed E-state index contributed by atoms with van der Waals surface area (Å²) in [5, 5.41) is 3.01. The molecule has 0 aromatic carbocycles. The summed E-state index contributed by atoms with van der Waals surface area (Å²) in [7, 11) is -2.85. The largest absolute Gasteiger partial charge is 0.315 e. The Morgan fingerprint density at radius 2 is 2.07 bits per heavy atom. The highest BCUT2D eigenvalue weighted by molar-refractivity contribution is 7.92. The van der Waals surface area contributed by atoms with E-state index in [1.54, 1.807) is 6.92 Å². The van der Waals surface area contributed by atoms with Gasteiger partial charge in [0.05, 0.1) is 11.0 Å². The number of nitrogens with one attached hydrogen (secondary N) is 1. The minimum Gasteiger partial charge on any atom is -0.315 e. The van der Waals surface area contributed by atoms with Crippen molar-refractivity contribution in [2.45, 2.75) is 38.4 Å². The Morgan fingerprint density at radius 1 is 1.43 bits per heavy atom. The molecule has 1 N–H and O–H groups in total. The SMILES string of the molecule is CCC(C)S(=O)(=O)CCNCC1CC1. The molecule has 0 saturated heterocycles. The van der Waals surface area contributed by atoms with E-state index in [2.05, 4.69) is 5.32 Å². The number of rotatable bonds is 7. The van der Waals surface area contributed by atoms with Gasteiger partial charge in [-0.15, -0.1) is 0 Å². The van der Waals surface area contributed by atoms with E-state index in [0.717, 1.165) is 12.5 Å². The van der Waals surface area contributed by atoms with Crippen LogP contribution in [0, 0.1) is 5.92 Å². The molecule has 0 spiro atoms. The summed E-state index contributed by atoms with van der Waals surface area (Å²) in [6.45, 7) is 5.31. The molecule has 1 aliphatic carbocycles. The van der Waals surface area contributed by atoms with Gasteiger partial charge in [0.2, 0.25) is 0 Å². The smallest absolute Gasteiger partial charge is 0.154 e. The first-order chi connectivity index (χ1) is 6.56. The summed E-state index contributed by atoms with van der Waals surface area (Å²) in [4.78, 5) is 0. The normalized spacial score (nSPS) is 19.6. The fourth-order valence-corrected chi connectivity index (χ4v) is 2.64. The van der Waals surface area contributed by atoms with E-state index < -0.39 is 9.84 Å². The van der Waals surface area contributed by atoms with Gasteiger partial charge in [0.15, 0.2) is 9.84 Å². The molecule has 1 rings (SSSR count). The van der Waals surface area contributed by atoms with Crippen molar-refractivity contribution in [3.05, 3.63) is 0 Å². The first-order valence-corrected chi connectivity index (χ1v) is 7.20. The summed E-state index contributed by atoms with van der Waals surface area (Å²) in [5.41, 5.74) is 0. The lowest BCUT2D eigenvalue weighted by atomic mass is 10.4. The van der Waals surface area contributed by atoms with Crippen molar-refractivity contribution in [2.24, 2.45) is 5.92 Å². The Morgan fingerprint density at radius 3 is 2.57 bits per heavy atom. The molecule has 0 radical (unpaired) electrons. The van der Waals surface area contributed by atoms with E-state index in [0.29, 0.717) is 13.0 Å². The highest BCUT2D eigenvalue weighted by Crippen LogP contribution is 2.27.